The van der Waals surface area contributed by atoms with E-state index in [1.165, 1.54) is 10.4 Å². The Bertz CT molecular complexity index is 952. The summed E-state index contributed by atoms with van der Waals surface area (Å²) in [5.74, 6) is -0.128. The van der Waals surface area contributed by atoms with Crippen LogP contribution in [-0.4, -0.2) is 43.2 Å². The molecule has 2 aromatic rings. The Morgan fingerprint density at radius 1 is 1.26 bits per heavy atom. The zero-order valence-electron chi connectivity index (χ0n) is 15.5. The number of carbonyl (C=O) groups is 1. The zero-order chi connectivity index (χ0) is 19.4. The van der Waals surface area contributed by atoms with Crippen LogP contribution in [0.5, 0.6) is 0 Å². The number of rotatable bonds is 6. The van der Waals surface area contributed by atoms with Gasteiger partial charge in [-0.25, -0.2) is 8.42 Å². The minimum absolute atomic E-state index is 0.128. The summed E-state index contributed by atoms with van der Waals surface area (Å²) in [6.07, 6.45) is 7.26. The summed E-state index contributed by atoms with van der Waals surface area (Å²) in [5, 5.41) is 0. The first-order valence-corrected chi connectivity index (χ1v) is 10.4. The molecule has 142 valence electrons. The molecule has 2 heterocycles. The molecule has 0 spiro atoms. The summed E-state index contributed by atoms with van der Waals surface area (Å²) in [7, 11) is -3.50. The topological polar surface area (TPSA) is 70.6 Å². The first-order valence-electron chi connectivity index (χ1n) is 9.00. The van der Waals surface area contributed by atoms with Gasteiger partial charge in [0.05, 0.1) is 4.90 Å². The number of amides is 1. The monoisotopic (exact) mass is 385 g/mol. The molecule has 7 heteroatoms. The van der Waals surface area contributed by atoms with Gasteiger partial charge in [0.25, 0.3) is 5.91 Å². The number of hydrogen-bond donors (Lipinski definition) is 0. The smallest absolute Gasteiger partial charge is 0.251 e. The normalized spacial score (nSPS) is 14.1. The van der Waals surface area contributed by atoms with Gasteiger partial charge in [-0.05, 0) is 47.9 Å². The molecule has 1 amide bonds. The summed E-state index contributed by atoms with van der Waals surface area (Å²) in [5.41, 5.74) is 2.51. The van der Waals surface area contributed by atoms with Crippen molar-refractivity contribution in [3.8, 4) is 0 Å². The molecule has 27 heavy (non-hydrogen) atoms. The molecule has 0 saturated heterocycles. The van der Waals surface area contributed by atoms with Crippen molar-refractivity contribution in [2.75, 3.05) is 24.5 Å². The van der Waals surface area contributed by atoms with Crippen LogP contribution in [0.25, 0.3) is 6.08 Å². The minimum Gasteiger partial charge on any atom is -0.308 e. The molecule has 0 N–H and O–H groups in total. The van der Waals surface area contributed by atoms with Crippen molar-refractivity contribution >= 4 is 27.7 Å². The highest BCUT2D eigenvalue weighted by molar-refractivity contribution is 7.89. The molecule has 6 nitrogen and oxygen atoms in total. The number of anilines is 1. The Balaban J connectivity index is 1.82. The highest BCUT2D eigenvalue weighted by Gasteiger charge is 2.27. The van der Waals surface area contributed by atoms with E-state index in [0.717, 1.165) is 16.8 Å². The highest BCUT2D eigenvalue weighted by atomic mass is 32.2. The highest BCUT2D eigenvalue weighted by Crippen LogP contribution is 2.31. The molecule has 0 unspecified atom stereocenters. The maximum atomic E-state index is 12.7. The number of nitrogens with zero attached hydrogens (tertiary/aromatic N) is 3. The second-order valence-corrected chi connectivity index (χ2v) is 8.18. The van der Waals surface area contributed by atoms with Gasteiger partial charge in [0.15, 0.2) is 0 Å². The Hall–Kier alpha value is -2.51. The van der Waals surface area contributed by atoms with E-state index >= 15 is 0 Å². The lowest BCUT2D eigenvalue weighted by atomic mass is 10.2. The Morgan fingerprint density at radius 3 is 2.70 bits per heavy atom. The third kappa shape index (κ3) is 3.94. The number of carbonyl (C=O) groups excluding carboxylic acids is 1. The van der Waals surface area contributed by atoms with E-state index in [-0.39, 0.29) is 10.8 Å². The molecule has 1 aromatic heterocycles. The van der Waals surface area contributed by atoms with E-state index in [9.17, 15) is 13.2 Å². The van der Waals surface area contributed by atoms with E-state index in [2.05, 4.69) is 4.98 Å². The third-order valence-corrected chi connectivity index (χ3v) is 6.70. The fraction of sp³-hybridized carbons (Fsp3) is 0.300. The average molecular weight is 385 g/mol. The van der Waals surface area contributed by atoms with Crippen LogP contribution in [0.3, 0.4) is 0 Å². The molecule has 1 aromatic carbocycles. The molecule has 0 bridgehead atoms. The van der Waals surface area contributed by atoms with E-state index < -0.39 is 10.0 Å². The van der Waals surface area contributed by atoms with E-state index in [1.807, 2.05) is 26.0 Å². The fourth-order valence-corrected chi connectivity index (χ4v) is 4.72. The molecule has 0 atom stereocenters. The number of pyridine rings is 1. The predicted molar refractivity (Wildman–Crippen MR) is 106 cm³/mol. The predicted octanol–water partition coefficient (Wildman–Crippen LogP) is 2.71. The van der Waals surface area contributed by atoms with Gasteiger partial charge in [-0.3, -0.25) is 9.78 Å². The van der Waals surface area contributed by atoms with Crippen molar-refractivity contribution in [3.63, 3.8) is 0 Å². The first kappa shape index (κ1) is 19.3. The summed E-state index contributed by atoms with van der Waals surface area (Å²) < 4.78 is 26.8. The number of hydrogen-bond acceptors (Lipinski definition) is 4. The number of sulfonamides is 1. The van der Waals surface area contributed by atoms with Crippen molar-refractivity contribution in [2.45, 2.75) is 25.2 Å². The number of benzene rings is 1. The van der Waals surface area contributed by atoms with E-state index in [4.69, 9.17) is 0 Å². The standard InChI is InChI=1S/C20H23N3O3S/c1-3-22(4-2)27(25,26)18-8-9-19-17(14-18)11-13-23(19)20(24)10-7-16-6-5-12-21-15-16/h5-10,12,14-15H,3-4,11,13H2,1-2H3/b10-7+. The van der Waals surface area contributed by atoms with Crippen LogP contribution >= 0.6 is 0 Å². The van der Waals surface area contributed by atoms with Crippen molar-refractivity contribution in [1.29, 1.82) is 0 Å². The maximum absolute atomic E-state index is 12.7. The average Bonchev–Trinajstić information content (AvgIpc) is 3.11. The Labute approximate surface area is 160 Å². The molecule has 1 aliphatic rings. The lowest BCUT2D eigenvalue weighted by Gasteiger charge is -2.19. The van der Waals surface area contributed by atoms with Gasteiger partial charge in [-0.15, -0.1) is 0 Å². The maximum Gasteiger partial charge on any atom is 0.251 e. The largest absolute Gasteiger partial charge is 0.308 e. The molecule has 0 fully saturated rings. The number of fused-ring (bicyclic) bond motifs is 1. The van der Waals surface area contributed by atoms with Crippen molar-refractivity contribution in [3.05, 3.63) is 59.9 Å². The van der Waals surface area contributed by atoms with Gasteiger partial charge in [0, 0.05) is 43.8 Å². The van der Waals surface area contributed by atoms with Crippen molar-refractivity contribution in [2.24, 2.45) is 0 Å². The molecule has 3 rings (SSSR count). The van der Waals surface area contributed by atoms with Gasteiger partial charge in [-0.2, -0.15) is 4.31 Å². The third-order valence-electron chi connectivity index (χ3n) is 4.66. The molecule has 0 saturated carbocycles. The van der Waals surface area contributed by atoms with Crippen LogP contribution in [0.4, 0.5) is 5.69 Å². The van der Waals surface area contributed by atoms with Gasteiger partial charge in [-0.1, -0.05) is 19.9 Å². The van der Waals surface area contributed by atoms with Crippen molar-refractivity contribution in [1.82, 2.24) is 9.29 Å². The van der Waals surface area contributed by atoms with Crippen LogP contribution in [0, 0.1) is 0 Å². The summed E-state index contributed by atoms with van der Waals surface area (Å²) in [4.78, 5) is 18.5. The summed E-state index contributed by atoms with van der Waals surface area (Å²) in [6.45, 7) is 5.05. The molecular formula is C20H23N3O3S. The molecule has 0 aliphatic carbocycles. The lowest BCUT2D eigenvalue weighted by Crippen LogP contribution is -2.30. The fourth-order valence-electron chi connectivity index (χ4n) is 3.21. The van der Waals surface area contributed by atoms with Gasteiger partial charge < -0.3 is 4.90 Å². The second-order valence-electron chi connectivity index (χ2n) is 6.24. The van der Waals surface area contributed by atoms with Gasteiger partial charge in [0.2, 0.25) is 10.0 Å². The Morgan fingerprint density at radius 2 is 2.04 bits per heavy atom. The van der Waals surface area contributed by atoms with Gasteiger partial charge >= 0.3 is 0 Å². The minimum atomic E-state index is -3.50. The molecular weight excluding hydrogens is 362 g/mol. The Kier molecular flexibility index (Phi) is 5.72. The van der Waals surface area contributed by atoms with Crippen LogP contribution in [-0.2, 0) is 21.2 Å². The van der Waals surface area contributed by atoms with Crippen LogP contribution in [0.2, 0.25) is 0 Å². The SMILES string of the molecule is CCN(CC)S(=O)(=O)c1ccc2c(c1)CCN2C(=O)/C=C/c1cccnc1. The summed E-state index contributed by atoms with van der Waals surface area (Å²) >= 11 is 0. The lowest BCUT2D eigenvalue weighted by molar-refractivity contribution is -0.114. The zero-order valence-corrected chi connectivity index (χ0v) is 16.3. The quantitative estimate of drug-likeness (QED) is 0.717. The van der Waals surface area contributed by atoms with Crippen LogP contribution in [0.1, 0.15) is 25.0 Å². The van der Waals surface area contributed by atoms with E-state index in [1.54, 1.807) is 41.6 Å². The second kappa shape index (κ2) is 8.02. The molecule has 0 radical (unpaired) electrons. The number of aromatic nitrogens is 1. The van der Waals surface area contributed by atoms with Crippen LogP contribution in [0.15, 0.2) is 53.7 Å². The van der Waals surface area contributed by atoms with Crippen LogP contribution < -0.4 is 4.90 Å². The van der Waals surface area contributed by atoms with Crippen molar-refractivity contribution < 1.29 is 13.2 Å². The van der Waals surface area contributed by atoms with Gasteiger partial charge in [0.1, 0.15) is 0 Å². The summed E-state index contributed by atoms with van der Waals surface area (Å²) in [6, 6.07) is 8.70. The first-order chi connectivity index (χ1) is 13.0. The van der Waals surface area contributed by atoms with E-state index in [0.29, 0.717) is 26.1 Å². The molecule has 1 aliphatic heterocycles.